The highest BCUT2D eigenvalue weighted by Gasteiger charge is 2.09. The molecule has 7 heteroatoms. The highest BCUT2D eigenvalue weighted by Crippen LogP contribution is 2.30. The molecule has 3 aromatic rings. The molecule has 0 aliphatic heterocycles. The average Bonchev–Trinajstić information content (AvgIpc) is 2.81. The Kier molecular flexibility index (Phi) is 9.43. The SMILES string of the molecule is OCCNCCNCc1ccc(OCc2ccc(F)cc2)c(OCc2ccc(F)cc2)c1. The van der Waals surface area contributed by atoms with Gasteiger partial charge in [0.05, 0.1) is 6.61 Å². The van der Waals surface area contributed by atoms with Crippen LogP contribution in [0, 0.1) is 11.6 Å². The molecular weight excluding hydrogens is 414 g/mol. The number of hydrogen-bond donors (Lipinski definition) is 3. The van der Waals surface area contributed by atoms with Gasteiger partial charge < -0.3 is 25.2 Å². The van der Waals surface area contributed by atoms with Gasteiger partial charge in [-0.3, -0.25) is 0 Å². The third-order valence-corrected chi connectivity index (χ3v) is 4.72. The predicted octanol–water partition coefficient (Wildman–Crippen LogP) is 3.79. The van der Waals surface area contributed by atoms with Gasteiger partial charge in [0.15, 0.2) is 11.5 Å². The van der Waals surface area contributed by atoms with Gasteiger partial charge in [0.2, 0.25) is 0 Å². The van der Waals surface area contributed by atoms with Crippen molar-refractivity contribution in [3.63, 3.8) is 0 Å². The Morgan fingerprint density at radius 2 is 1.16 bits per heavy atom. The van der Waals surface area contributed by atoms with Crippen LogP contribution >= 0.6 is 0 Å². The molecule has 170 valence electrons. The molecule has 0 spiro atoms. The number of nitrogens with one attached hydrogen (secondary N) is 2. The Morgan fingerprint density at radius 1 is 0.625 bits per heavy atom. The fourth-order valence-electron chi connectivity index (χ4n) is 2.99. The fraction of sp³-hybridized carbons (Fsp3) is 0.280. The van der Waals surface area contributed by atoms with E-state index < -0.39 is 0 Å². The monoisotopic (exact) mass is 442 g/mol. The van der Waals surface area contributed by atoms with Crippen molar-refractivity contribution in [1.82, 2.24) is 10.6 Å². The number of aliphatic hydroxyl groups excluding tert-OH is 1. The second-order valence-electron chi connectivity index (χ2n) is 7.26. The van der Waals surface area contributed by atoms with Crippen molar-refractivity contribution in [2.24, 2.45) is 0 Å². The van der Waals surface area contributed by atoms with E-state index >= 15 is 0 Å². The highest BCUT2D eigenvalue weighted by atomic mass is 19.1. The quantitative estimate of drug-likeness (QED) is 0.352. The molecule has 0 heterocycles. The molecule has 32 heavy (non-hydrogen) atoms. The zero-order valence-electron chi connectivity index (χ0n) is 17.8. The van der Waals surface area contributed by atoms with Crippen LogP contribution in [0.1, 0.15) is 16.7 Å². The summed E-state index contributed by atoms with van der Waals surface area (Å²) < 4.78 is 38.2. The molecule has 0 aliphatic rings. The van der Waals surface area contributed by atoms with Crippen molar-refractivity contribution in [3.8, 4) is 11.5 Å². The van der Waals surface area contributed by atoms with Gasteiger partial charge in [0.25, 0.3) is 0 Å². The van der Waals surface area contributed by atoms with Crippen LogP contribution in [0.4, 0.5) is 8.78 Å². The maximum Gasteiger partial charge on any atom is 0.162 e. The van der Waals surface area contributed by atoms with Crippen LogP contribution in [-0.4, -0.2) is 31.3 Å². The van der Waals surface area contributed by atoms with E-state index in [9.17, 15) is 8.78 Å². The molecule has 0 aromatic heterocycles. The van der Waals surface area contributed by atoms with Crippen molar-refractivity contribution >= 4 is 0 Å². The third-order valence-electron chi connectivity index (χ3n) is 4.72. The lowest BCUT2D eigenvalue weighted by Crippen LogP contribution is -2.28. The van der Waals surface area contributed by atoms with Crippen molar-refractivity contribution in [2.45, 2.75) is 19.8 Å². The lowest BCUT2D eigenvalue weighted by Gasteiger charge is -2.15. The lowest BCUT2D eigenvalue weighted by atomic mass is 10.2. The summed E-state index contributed by atoms with van der Waals surface area (Å²) in [6.45, 7) is 3.40. The van der Waals surface area contributed by atoms with Gasteiger partial charge in [-0.1, -0.05) is 30.3 Å². The molecule has 0 amide bonds. The summed E-state index contributed by atoms with van der Waals surface area (Å²) in [6.07, 6.45) is 0. The van der Waals surface area contributed by atoms with Crippen LogP contribution < -0.4 is 20.1 Å². The molecule has 0 fully saturated rings. The lowest BCUT2D eigenvalue weighted by molar-refractivity contribution is 0.255. The molecule has 0 saturated heterocycles. The van der Waals surface area contributed by atoms with E-state index in [1.807, 2.05) is 18.2 Å². The number of hydrogen-bond acceptors (Lipinski definition) is 5. The van der Waals surface area contributed by atoms with Gasteiger partial charge in [-0.05, 0) is 53.1 Å². The zero-order valence-corrected chi connectivity index (χ0v) is 17.8. The Hall–Kier alpha value is -3.00. The van der Waals surface area contributed by atoms with Gasteiger partial charge in [-0.25, -0.2) is 8.78 Å². The summed E-state index contributed by atoms with van der Waals surface area (Å²) in [4.78, 5) is 0. The Balaban J connectivity index is 1.64. The Morgan fingerprint density at radius 3 is 1.75 bits per heavy atom. The Bertz CT molecular complexity index is 950. The average molecular weight is 443 g/mol. The molecule has 0 atom stereocenters. The first kappa shape index (κ1) is 23.7. The number of rotatable bonds is 13. The topological polar surface area (TPSA) is 62.8 Å². The molecule has 5 nitrogen and oxygen atoms in total. The van der Waals surface area contributed by atoms with E-state index in [1.165, 1.54) is 24.3 Å². The minimum Gasteiger partial charge on any atom is -0.485 e. The van der Waals surface area contributed by atoms with Crippen molar-refractivity contribution in [1.29, 1.82) is 0 Å². The molecule has 0 unspecified atom stereocenters. The summed E-state index contributed by atoms with van der Waals surface area (Å²) in [5.74, 6) is 0.568. The van der Waals surface area contributed by atoms with E-state index in [0.29, 0.717) is 24.6 Å². The van der Waals surface area contributed by atoms with Crippen molar-refractivity contribution in [3.05, 3.63) is 95.1 Å². The van der Waals surface area contributed by atoms with E-state index in [2.05, 4.69) is 10.6 Å². The van der Waals surface area contributed by atoms with Crippen molar-refractivity contribution in [2.75, 3.05) is 26.2 Å². The fourth-order valence-corrected chi connectivity index (χ4v) is 2.99. The van der Waals surface area contributed by atoms with E-state index in [4.69, 9.17) is 14.6 Å². The van der Waals surface area contributed by atoms with E-state index in [-0.39, 0.29) is 31.5 Å². The van der Waals surface area contributed by atoms with Crippen LogP contribution in [-0.2, 0) is 19.8 Å². The second-order valence-corrected chi connectivity index (χ2v) is 7.26. The third kappa shape index (κ3) is 7.92. The van der Waals surface area contributed by atoms with Crippen LogP contribution in [0.25, 0.3) is 0 Å². The summed E-state index contributed by atoms with van der Waals surface area (Å²) in [5, 5.41) is 15.2. The molecule has 3 rings (SSSR count). The van der Waals surface area contributed by atoms with Crippen LogP contribution in [0.15, 0.2) is 66.7 Å². The molecule has 0 saturated carbocycles. The standard InChI is InChI=1S/C25H28F2N2O3/c26-22-6-1-19(2-7-22)17-31-24-10-5-21(16-29-12-11-28-13-14-30)15-25(24)32-18-20-3-8-23(27)9-4-20/h1-10,15,28-30H,11-14,16-18H2. The molecule has 3 aromatic carbocycles. The summed E-state index contributed by atoms with van der Waals surface area (Å²) in [5.41, 5.74) is 2.71. The molecular formula is C25H28F2N2O3. The molecule has 0 aliphatic carbocycles. The smallest absolute Gasteiger partial charge is 0.162 e. The first-order valence-electron chi connectivity index (χ1n) is 10.5. The maximum absolute atomic E-state index is 13.2. The summed E-state index contributed by atoms with van der Waals surface area (Å²) in [7, 11) is 0. The Labute approximate surface area is 187 Å². The zero-order chi connectivity index (χ0) is 22.6. The van der Waals surface area contributed by atoms with E-state index in [1.54, 1.807) is 24.3 Å². The first-order chi connectivity index (χ1) is 15.6. The number of halogens is 2. The highest BCUT2D eigenvalue weighted by molar-refractivity contribution is 5.43. The first-order valence-corrected chi connectivity index (χ1v) is 10.5. The summed E-state index contributed by atoms with van der Waals surface area (Å²) >= 11 is 0. The van der Waals surface area contributed by atoms with Crippen LogP contribution in [0.3, 0.4) is 0 Å². The predicted molar refractivity (Wildman–Crippen MR) is 120 cm³/mol. The molecule has 0 bridgehead atoms. The van der Waals surface area contributed by atoms with Gasteiger partial charge in [-0.2, -0.15) is 0 Å². The minimum atomic E-state index is -0.293. The van der Waals surface area contributed by atoms with Crippen LogP contribution in [0.2, 0.25) is 0 Å². The van der Waals surface area contributed by atoms with Crippen LogP contribution in [0.5, 0.6) is 11.5 Å². The molecule has 3 N–H and O–H groups in total. The van der Waals surface area contributed by atoms with Crippen molar-refractivity contribution < 1.29 is 23.4 Å². The van der Waals surface area contributed by atoms with E-state index in [0.717, 1.165) is 29.8 Å². The maximum atomic E-state index is 13.2. The van der Waals surface area contributed by atoms with Gasteiger partial charge >= 0.3 is 0 Å². The largest absolute Gasteiger partial charge is 0.485 e. The minimum absolute atomic E-state index is 0.119. The van der Waals surface area contributed by atoms with Gasteiger partial charge in [0.1, 0.15) is 24.8 Å². The number of aliphatic hydroxyl groups is 1. The number of ether oxygens (including phenoxy) is 2. The summed E-state index contributed by atoms with van der Waals surface area (Å²) in [6, 6.07) is 18.0. The second kappa shape index (κ2) is 12.8. The van der Waals surface area contributed by atoms with Gasteiger partial charge in [-0.15, -0.1) is 0 Å². The van der Waals surface area contributed by atoms with Gasteiger partial charge in [0, 0.05) is 26.2 Å². The number of benzene rings is 3. The normalized spacial score (nSPS) is 10.8. The molecule has 0 radical (unpaired) electrons.